The molecule has 1 rings (SSSR count). The summed E-state index contributed by atoms with van der Waals surface area (Å²) in [6, 6.07) is 0.0176. The average molecular weight is 235 g/mol. The van der Waals surface area contributed by atoms with Gasteiger partial charge >= 0.3 is 0 Å². The number of piperidine rings is 1. The van der Waals surface area contributed by atoms with Gasteiger partial charge in [-0.1, -0.05) is 0 Å². The largest absolute Gasteiger partial charge is 0.315 e. The quantitative estimate of drug-likeness (QED) is 0.716. The second-order valence-corrected chi connectivity index (χ2v) is 6.04. The number of nitrogens with zero attached hydrogens (tertiary/aromatic N) is 1. The predicted octanol–water partition coefficient (Wildman–Crippen LogP) is -0.0870. The molecule has 0 unspecified atom stereocenters. The molecule has 0 aromatic carbocycles. The predicted molar refractivity (Wildman–Crippen MR) is 60.8 cm³/mol. The highest BCUT2D eigenvalue weighted by molar-refractivity contribution is 7.87. The summed E-state index contributed by atoms with van der Waals surface area (Å²) >= 11 is 0. The van der Waals surface area contributed by atoms with Crippen LogP contribution < -0.4 is 10.0 Å². The van der Waals surface area contributed by atoms with Crippen molar-refractivity contribution in [3.8, 4) is 0 Å². The van der Waals surface area contributed by atoms with Crippen molar-refractivity contribution in [1.82, 2.24) is 14.3 Å². The maximum Gasteiger partial charge on any atom is 0.279 e. The molecule has 1 fully saturated rings. The first kappa shape index (κ1) is 12.9. The van der Waals surface area contributed by atoms with Crippen LogP contribution in [0.15, 0.2) is 0 Å². The molecule has 1 aliphatic heterocycles. The fourth-order valence-corrected chi connectivity index (χ4v) is 2.87. The van der Waals surface area contributed by atoms with E-state index in [1.54, 1.807) is 7.05 Å². The van der Waals surface area contributed by atoms with Crippen molar-refractivity contribution in [1.29, 1.82) is 0 Å². The summed E-state index contributed by atoms with van der Waals surface area (Å²) in [6.07, 6.45) is 1.94. The number of rotatable bonds is 4. The maximum atomic E-state index is 11.8. The maximum absolute atomic E-state index is 11.8. The Morgan fingerprint density at radius 1 is 1.47 bits per heavy atom. The minimum Gasteiger partial charge on any atom is -0.315 e. The van der Waals surface area contributed by atoms with Gasteiger partial charge in [-0.2, -0.15) is 17.4 Å². The Balaban J connectivity index is 2.55. The zero-order valence-corrected chi connectivity index (χ0v) is 10.5. The first-order valence-corrected chi connectivity index (χ1v) is 6.83. The Kier molecular flexibility index (Phi) is 4.51. The van der Waals surface area contributed by atoms with E-state index in [9.17, 15) is 8.42 Å². The fourth-order valence-electron chi connectivity index (χ4n) is 1.52. The molecule has 0 amide bonds. The van der Waals surface area contributed by atoms with Crippen molar-refractivity contribution < 1.29 is 8.42 Å². The summed E-state index contributed by atoms with van der Waals surface area (Å²) in [4.78, 5) is 0. The van der Waals surface area contributed by atoms with Gasteiger partial charge in [0, 0.05) is 25.7 Å². The number of hydrogen-bond acceptors (Lipinski definition) is 3. The van der Waals surface area contributed by atoms with Crippen molar-refractivity contribution in [3.05, 3.63) is 0 Å². The summed E-state index contributed by atoms with van der Waals surface area (Å²) in [7, 11) is -1.72. The normalized spacial score (nSPS) is 23.7. The third-order valence-corrected chi connectivity index (χ3v) is 4.53. The summed E-state index contributed by atoms with van der Waals surface area (Å²) in [6.45, 7) is 5.43. The van der Waals surface area contributed by atoms with Gasteiger partial charge in [0.25, 0.3) is 10.2 Å². The standard InChI is InChI=1S/C9H21N3O2S/c1-8(2)12(3)15(13,14)11-9-5-4-6-10-7-9/h8-11H,4-7H2,1-3H3/t9-/m0/s1. The molecule has 1 atom stereocenters. The Bertz CT molecular complexity index is 284. The summed E-state index contributed by atoms with van der Waals surface area (Å²) in [5.74, 6) is 0. The molecule has 15 heavy (non-hydrogen) atoms. The molecule has 1 aliphatic rings. The molecule has 6 heteroatoms. The van der Waals surface area contributed by atoms with Gasteiger partial charge in [0.05, 0.1) is 0 Å². The number of nitrogens with one attached hydrogen (secondary N) is 2. The highest BCUT2D eigenvalue weighted by atomic mass is 32.2. The zero-order chi connectivity index (χ0) is 11.5. The first-order valence-electron chi connectivity index (χ1n) is 5.39. The van der Waals surface area contributed by atoms with Crippen LogP contribution in [-0.4, -0.2) is 44.9 Å². The van der Waals surface area contributed by atoms with Crippen molar-refractivity contribution in [3.63, 3.8) is 0 Å². The second-order valence-electron chi connectivity index (χ2n) is 4.28. The van der Waals surface area contributed by atoms with Crippen LogP contribution in [0.3, 0.4) is 0 Å². The van der Waals surface area contributed by atoms with Crippen LogP contribution in [0.25, 0.3) is 0 Å². The minimum atomic E-state index is -3.32. The summed E-state index contributed by atoms with van der Waals surface area (Å²) < 4.78 is 27.7. The Hall–Kier alpha value is -0.170. The molecule has 0 radical (unpaired) electrons. The Labute approximate surface area is 92.4 Å². The molecule has 2 N–H and O–H groups in total. The smallest absolute Gasteiger partial charge is 0.279 e. The lowest BCUT2D eigenvalue weighted by molar-refractivity contribution is 0.377. The van der Waals surface area contributed by atoms with Gasteiger partial charge in [-0.05, 0) is 33.2 Å². The molecule has 0 spiro atoms. The molecule has 1 heterocycles. The van der Waals surface area contributed by atoms with Crippen molar-refractivity contribution in [2.75, 3.05) is 20.1 Å². The van der Waals surface area contributed by atoms with E-state index in [-0.39, 0.29) is 12.1 Å². The third-order valence-electron chi connectivity index (χ3n) is 2.72. The van der Waals surface area contributed by atoms with Crippen molar-refractivity contribution in [2.24, 2.45) is 0 Å². The average Bonchev–Trinajstić information content (AvgIpc) is 2.17. The third kappa shape index (κ3) is 3.71. The van der Waals surface area contributed by atoms with Crippen LogP contribution in [0.1, 0.15) is 26.7 Å². The zero-order valence-electron chi connectivity index (χ0n) is 9.66. The molecular formula is C9H21N3O2S. The van der Waals surface area contributed by atoms with Gasteiger partial charge in [0.15, 0.2) is 0 Å². The van der Waals surface area contributed by atoms with E-state index >= 15 is 0 Å². The van der Waals surface area contributed by atoms with Gasteiger partial charge < -0.3 is 5.32 Å². The fraction of sp³-hybridized carbons (Fsp3) is 1.00. The van der Waals surface area contributed by atoms with Crippen LogP contribution in [-0.2, 0) is 10.2 Å². The second kappa shape index (κ2) is 5.25. The van der Waals surface area contributed by atoms with Gasteiger partial charge in [-0.15, -0.1) is 0 Å². The van der Waals surface area contributed by atoms with E-state index in [1.165, 1.54) is 4.31 Å². The highest BCUT2D eigenvalue weighted by Gasteiger charge is 2.24. The molecule has 0 aromatic rings. The highest BCUT2D eigenvalue weighted by Crippen LogP contribution is 2.06. The Morgan fingerprint density at radius 2 is 2.13 bits per heavy atom. The molecule has 0 aliphatic carbocycles. The molecule has 90 valence electrons. The molecule has 1 saturated heterocycles. The molecule has 0 bridgehead atoms. The van der Waals surface area contributed by atoms with Gasteiger partial charge in [0.2, 0.25) is 0 Å². The lowest BCUT2D eigenvalue weighted by Crippen LogP contribution is -2.51. The van der Waals surface area contributed by atoms with E-state index in [0.29, 0.717) is 0 Å². The topological polar surface area (TPSA) is 61.4 Å². The summed E-state index contributed by atoms with van der Waals surface area (Å²) in [5.41, 5.74) is 0. The van der Waals surface area contributed by atoms with Crippen LogP contribution >= 0.6 is 0 Å². The van der Waals surface area contributed by atoms with E-state index in [1.807, 2.05) is 13.8 Å². The van der Waals surface area contributed by atoms with Crippen LogP contribution in [0.2, 0.25) is 0 Å². The lowest BCUT2D eigenvalue weighted by Gasteiger charge is -2.28. The van der Waals surface area contributed by atoms with Crippen molar-refractivity contribution >= 4 is 10.2 Å². The van der Waals surface area contributed by atoms with Crippen LogP contribution in [0, 0.1) is 0 Å². The van der Waals surface area contributed by atoms with E-state index < -0.39 is 10.2 Å². The molecule has 0 saturated carbocycles. The monoisotopic (exact) mass is 235 g/mol. The first-order chi connectivity index (χ1) is 6.93. The lowest BCUT2D eigenvalue weighted by atomic mass is 10.1. The van der Waals surface area contributed by atoms with E-state index in [0.717, 1.165) is 25.9 Å². The van der Waals surface area contributed by atoms with Crippen LogP contribution in [0.5, 0.6) is 0 Å². The van der Waals surface area contributed by atoms with Crippen molar-refractivity contribution in [2.45, 2.75) is 38.8 Å². The molecule has 5 nitrogen and oxygen atoms in total. The number of hydrogen-bond donors (Lipinski definition) is 2. The van der Waals surface area contributed by atoms with Gasteiger partial charge in [-0.3, -0.25) is 0 Å². The molecule has 0 aromatic heterocycles. The van der Waals surface area contributed by atoms with E-state index in [4.69, 9.17) is 0 Å². The van der Waals surface area contributed by atoms with Crippen LogP contribution in [0.4, 0.5) is 0 Å². The van der Waals surface area contributed by atoms with Gasteiger partial charge in [0.1, 0.15) is 0 Å². The SMILES string of the molecule is CC(C)N(C)S(=O)(=O)N[C@H]1CCCNC1. The summed E-state index contributed by atoms with van der Waals surface area (Å²) in [5, 5.41) is 3.18. The molecular weight excluding hydrogens is 214 g/mol. The minimum absolute atomic E-state index is 0.0148. The van der Waals surface area contributed by atoms with E-state index in [2.05, 4.69) is 10.0 Å². The van der Waals surface area contributed by atoms with Gasteiger partial charge in [-0.25, -0.2) is 0 Å². The Morgan fingerprint density at radius 3 is 2.60 bits per heavy atom.